The maximum Gasteiger partial charge on any atom is 0.252 e. The number of amides is 2. The molecule has 1 atom stereocenters. The summed E-state index contributed by atoms with van der Waals surface area (Å²) in [6, 6.07) is 10.8. The monoisotopic (exact) mass is 361 g/mol. The molecule has 1 N–H and O–H groups in total. The molecule has 3 aromatic rings. The summed E-state index contributed by atoms with van der Waals surface area (Å²) in [5.74, 6) is 0.242. The first-order chi connectivity index (χ1) is 12.9. The Labute approximate surface area is 156 Å². The minimum atomic E-state index is -0.628. The van der Waals surface area contributed by atoms with Crippen LogP contribution in [0.3, 0.4) is 0 Å². The number of imidazole rings is 1. The second-order valence-corrected chi connectivity index (χ2v) is 7.06. The van der Waals surface area contributed by atoms with Crippen molar-refractivity contribution in [3.63, 3.8) is 0 Å². The number of pyridine rings is 1. The van der Waals surface area contributed by atoms with Gasteiger partial charge in [-0.1, -0.05) is 12.1 Å². The third-order valence-corrected chi connectivity index (χ3v) is 4.91. The molecule has 1 aliphatic rings. The Kier molecular flexibility index (Phi) is 3.84. The highest BCUT2D eigenvalue weighted by Gasteiger charge is 2.40. The molecule has 7 heteroatoms. The van der Waals surface area contributed by atoms with Crippen LogP contribution in [0.1, 0.15) is 31.4 Å². The summed E-state index contributed by atoms with van der Waals surface area (Å²) in [5.41, 5.74) is 3.40. The molecule has 1 saturated heterocycles. The summed E-state index contributed by atoms with van der Waals surface area (Å²) >= 11 is 0. The molecule has 3 heterocycles. The van der Waals surface area contributed by atoms with Gasteiger partial charge in [-0.15, -0.1) is 0 Å². The minimum Gasteiger partial charge on any atom is -0.359 e. The van der Waals surface area contributed by atoms with Crippen LogP contribution >= 0.6 is 0 Å². The fraction of sp³-hybridized carbons (Fsp3) is 0.300. The van der Waals surface area contributed by atoms with E-state index in [1.165, 1.54) is 4.90 Å². The molecule has 1 unspecified atom stereocenters. The summed E-state index contributed by atoms with van der Waals surface area (Å²) in [4.78, 5) is 30.8. The molecule has 136 valence electrons. The number of carbonyl (C=O) groups excluding carboxylic acids is 2. The van der Waals surface area contributed by atoms with Crippen molar-refractivity contribution in [2.45, 2.75) is 39.3 Å². The molecule has 0 spiro atoms. The Balaban J connectivity index is 1.87. The molecule has 7 nitrogen and oxygen atoms in total. The third kappa shape index (κ3) is 2.53. The van der Waals surface area contributed by atoms with E-state index in [1.807, 2.05) is 55.5 Å². The Morgan fingerprint density at radius 2 is 2.04 bits per heavy atom. The van der Waals surface area contributed by atoms with Crippen LogP contribution in [0.4, 0.5) is 5.82 Å². The summed E-state index contributed by atoms with van der Waals surface area (Å²) in [6.07, 6.45) is 0.115. The van der Waals surface area contributed by atoms with E-state index in [4.69, 9.17) is 0 Å². The lowest BCUT2D eigenvalue weighted by molar-refractivity contribution is -0.140. The number of para-hydroxylation sites is 2. The van der Waals surface area contributed by atoms with Gasteiger partial charge in [0, 0.05) is 6.04 Å². The van der Waals surface area contributed by atoms with Crippen LogP contribution in [-0.2, 0) is 9.59 Å². The van der Waals surface area contributed by atoms with E-state index < -0.39 is 6.04 Å². The van der Waals surface area contributed by atoms with Gasteiger partial charge in [0.2, 0.25) is 5.91 Å². The Morgan fingerprint density at radius 3 is 2.70 bits per heavy atom. The second kappa shape index (κ2) is 6.09. The average molecular weight is 361 g/mol. The molecule has 0 saturated carbocycles. The van der Waals surface area contributed by atoms with E-state index in [9.17, 15) is 14.9 Å². The number of aromatic nitrogens is 2. The zero-order valence-corrected chi connectivity index (χ0v) is 15.4. The van der Waals surface area contributed by atoms with Crippen molar-refractivity contribution in [1.82, 2.24) is 14.3 Å². The number of hydrogen-bond acceptors (Lipinski definition) is 5. The van der Waals surface area contributed by atoms with E-state index in [1.54, 1.807) is 0 Å². The largest absolute Gasteiger partial charge is 0.359 e. The smallest absolute Gasteiger partial charge is 0.252 e. The van der Waals surface area contributed by atoms with Crippen LogP contribution in [0.15, 0.2) is 30.3 Å². The molecule has 2 aromatic heterocycles. The Hall–Kier alpha value is -3.40. The van der Waals surface area contributed by atoms with E-state index in [0.717, 1.165) is 16.6 Å². The highest BCUT2D eigenvalue weighted by molar-refractivity contribution is 6.07. The quantitative estimate of drug-likeness (QED) is 0.724. The lowest BCUT2D eigenvalue weighted by Crippen LogP contribution is -2.39. The van der Waals surface area contributed by atoms with E-state index in [-0.39, 0.29) is 24.3 Å². The van der Waals surface area contributed by atoms with E-state index in [0.29, 0.717) is 17.0 Å². The number of rotatable bonds is 3. The molecular weight excluding hydrogens is 342 g/mol. The van der Waals surface area contributed by atoms with Crippen molar-refractivity contribution in [2.75, 3.05) is 5.32 Å². The van der Waals surface area contributed by atoms with Gasteiger partial charge in [-0.25, -0.2) is 4.98 Å². The zero-order chi connectivity index (χ0) is 19.3. The molecule has 0 radical (unpaired) electrons. The van der Waals surface area contributed by atoms with Gasteiger partial charge in [-0.05, 0) is 44.5 Å². The number of nitriles is 1. The first kappa shape index (κ1) is 17.0. The van der Waals surface area contributed by atoms with Crippen molar-refractivity contribution >= 4 is 34.3 Å². The second-order valence-electron chi connectivity index (χ2n) is 7.06. The van der Waals surface area contributed by atoms with Crippen LogP contribution < -0.4 is 5.32 Å². The van der Waals surface area contributed by atoms with Gasteiger partial charge in [-0.2, -0.15) is 5.26 Å². The number of hydrogen-bond donors (Lipinski definition) is 1. The molecular formula is C20H19N5O2. The van der Waals surface area contributed by atoms with Gasteiger partial charge in [0.05, 0.1) is 23.0 Å². The number of anilines is 1. The number of carbonyl (C=O) groups is 2. The molecule has 27 heavy (non-hydrogen) atoms. The zero-order valence-electron chi connectivity index (χ0n) is 15.4. The van der Waals surface area contributed by atoms with Crippen molar-refractivity contribution in [3.05, 3.63) is 41.5 Å². The summed E-state index contributed by atoms with van der Waals surface area (Å²) in [7, 11) is 0. The average Bonchev–Trinajstić information content (AvgIpc) is 3.12. The lowest BCUT2D eigenvalue weighted by atomic mass is 10.1. The maximum absolute atomic E-state index is 12.7. The van der Waals surface area contributed by atoms with Crippen molar-refractivity contribution in [3.8, 4) is 6.07 Å². The summed E-state index contributed by atoms with van der Waals surface area (Å²) in [6.45, 7) is 5.49. The number of aryl methyl sites for hydroxylation is 1. The third-order valence-electron chi connectivity index (χ3n) is 4.91. The van der Waals surface area contributed by atoms with Gasteiger partial charge in [0.25, 0.3) is 5.91 Å². The number of likely N-dealkylation sites (tertiary alicyclic amines) is 1. The predicted molar refractivity (Wildman–Crippen MR) is 101 cm³/mol. The van der Waals surface area contributed by atoms with Crippen LogP contribution in [0.5, 0.6) is 0 Å². The summed E-state index contributed by atoms with van der Waals surface area (Å²) in [5, 5.41) is 12.8. The van der Waals surface area contributed by atoms with Crippen molar-refractivity contribution < 1.29 is 9.59 Å². The van der Waals surface area contributed by atoms with Gasteiger partial charge < -0.3 is 5.32 Å². The number of benzene rings is 1. The van der Waals surface area contributed by atoms with Gasteiger partial charge in [0.1, 0.15) is 17.9 Å². The highest BCUT2D eigenvalue weighted by atomic mass is 16.2. The van der Waals surface area contributed by atoms with E-state index in [2.05, 4.69) is 16.4 Å². The topological polar surface area (TPSA) is 90.5 Å². The fourth-order valence-electron chi connectivity index (χ4n) is 3.68. The lowest BCUT2D eigenvalue weighted by Gasteiger charge is -2.20. The number of nitrogens with one attached hydrogen (secondary N) is 1. The van der Waals surface area contributed by atoms with Gasteiger partial charge >= 0.3 is 0 Å². The first-order valence-corrected chi connectivity index (χ1v) is 8.85. The van der Waals surface area contributed by atoms with Gasteiger partial charge in [-0.3, -0.25) is 18.9 Å². The fourth-order valence-corrected chi connectivity index (χ4v) is 3.68. The standard InChI is InChI=1S/C20H19N5O2/c1-11(2)24-18(26)9-15(20(24)27)22-17-8-12(3)13(10-21)19-23-14-6-4-5-7-16(14)25(17)19/h4-8,11,15,22H,9H2,1-3H3. The highest BCUT2D eigenvalue weighted by Crippen LogP contribution is 2.28. The molecule has 4 rings (SSSR count). The van der Waals surface area contributed by atoms with Gasteiger partial charge in [0.15, 0.2) is 5.65 Å². The molecule has 1 fully saturated rings. The molecule has 1 aliphatic heterocycles. The number of nitrogens with zero attached hydrogens (tertiary/aromatic N) is 4. The Bertz CT molecular complexity index is 1140. The number of fused-ring (bicyclic) bond motifs is 3. The van der Waals surface area contributed by atoms with Crippen LogP contribution in [-0.4, -0.2) is 38.2 Å². The molecule has 1 aromatic carbocycles. The van der Waals surface area contributed by atoms with Crippen LogP contribution in [0.25, 0.3) is 16.7 Å². The Morgan fingerprint density at radius 1 is 1.30 bits per heavy atom. The van der Waals surface area contributed by atoms with Crippen LogP contribution in [0.2, 0.25) is 0 Å². The molecule has 0 bridgehead atoms. The maximum atomic E-state index is 12.7. The first-order valence-electron chi connectivity index (χ1n) is 8.85. The van der Waals surface area contributed by atoms with E-state index >= 15 is 0 Å². The summed E-state index contributed by atoms with van der Waals surface area (Å²) < 4.78 is 1.84. The molecule has 0 aliphatic carbocycles. The number of imide groups is 1. The normalized spacial score (nSPS) is 17.3. The predicted octanol–water partition coefficient (Wildman–Crippen LogP) is 2.62. The molecule has 2 amide bonds. The van der Waals surface area contributed by atoms with Crippen LogP contribution in [0, 0.1) is 18.3 Å². The van der Waals surface area contributed by atoms with Crippen molar-refractivity contribution in [1.29, 1.82) is 5.26 Å². The SMILES string of the molecule is Cc1cc(NC2CC(=O)N(C(C)C)C2=O)n2c(nc3ccccc32)c1C#N. The minimum absolute atomic E-state index is 0.115. The van der Waals surface area contributed by atoms with Crippen molar-refractivity contribution in [2.24, 2.45) is 0 Å².